The van der Waals surface area contributed by atoms with Crippen LogP contribution in [-0.2, 0) is 10.0 Å². The summed E-state index contributed by atoms with van der Waals surface area (Å²) in [6, 6.07) is 2.41. The van der Waals surface area contributed by atoms with Crippen molar-refractivity contribution in [3.63, 3.8) is 0 Å². The number of nitrogens with one attached hydrogen (secondary N) is 3. The van der Waals surface area contributed by atoms with E-state index < -0.39 is 50.0 Å². The van der Waals surface area contributed by atoms with Crippen molar-refractivity contribution in [3.05, 3.63) is 52.8 Å². The molecule has 0 atom stereocenters. The molecular weight excluding hydrogens is 485 g/mol. The van der Waals surface area contributed by atoms with E-state index in [1.807, 2.05) is 0 Å². The van der Waals surface area contributed by atoms with Crippen LogP contribution in [0, 0.1) is 29.1 Å². The van der Waals surface area contributed by atoms with Crippen LogP contribution >= 0.6 is 11.3 Å². The number of halogens is 5. The lowest BCUT2D eigenvalue weighted by Gasteiger charge is -2.14. The summed E-state index contributed by atoms with van der Waals surface area (Å²) in [5.41, 5.74) is 0.860. The van der Waals surface area contributed by atoms with Crippen molar-refractivity contribution < 1.29 is 39.9 Å². The van der Waals surface area contributed by atoms with Crippen LogP contribution in [0.2, 0.25) is 0 Å². The summed E-state index contributed by atoms with van der Waals surface area (Å²) < 4.78 is 99.3. The molecule has 0 radical (unpaired) electrons. The third-order valence-electron chi connectivity index (χ3n) is 3.72. The molecule has 0 saturated carbocycles. The molecule has 2 amide bonds. The van der Waals surface area contributed by atoms with Gasteiger partial charge in [-0.2, -0.15) is 0 Å². The SMILES string of the molecule is COc1ccc(NS(=O)(=O)c2c(F)c(F)c(F)c(F)c2F)cc1NC(=O)Nc1nncs1. The number of aromatic nitrogens is 2. The summed E-state index contributed by atoms with van der Waals surface area (Å²) >= 11 is 1.01. The number of amides is 2. The Kier molecular flexibility index (Phi) is 6.45. The Hall–Kier alpha value is -3.53. The number of carbonyl (C=O) groups excluding carboxylic acids is 1. The molecule has 0 saturated heterocycles. The van der Waals surface area contributed by atoms with Crippen molar-refractivity contribution in [3.8, 4) is 5.75 Å². The molecule has 3 N–H and O–H groups in total. The van der Waals surface area contributed by atoms with Gasteiger partial charge in [0.25, 0.3) is 10.0 Å². The van der Waals surface area contributed by atoms with Crippen molar-refractivity contribution in [2.24, 2.45) is 0 Å². The molecular formula is C16H10F5N5O4S2. The van der Waals surface area contributed by atoms with Gasteiger partial charge < -0.3 is 10.1 Å². The Bertz CT molecular complexity index is 1260. The van der Waals surface area contributed by atoms with Crippen LogP contribution in [0.4, 0.5) is 43.3 Å². The third-order valence-corrected chi connectivity index (χ3v) is 5.73. The minimum Gasteiger partial charge on any atom is -0.495 e. The monoisotopic (exact) mass is 495 g/mol. The van der Waals surface area contributed by atoms with Gasteiger partial charge in [-0.25, -0.2) is 35.2 Å². The zero-order valence-electron chi connectivity index (χ0n) is 15.5. The number of benzene rings is 2. The molecule has 1 aromatic heterocycles. The van der Waals surface area contributed by atoms with Crippen LogP contribution in [-0.4, -0.2) is 31.8 Å². The van der Waals surface area contributed by atoms with Crippen LogP contribution in [0.5, 0.6) is 5.75 Å². The Labute approximate surface area is 180 Å². The summed E-state index contributed by atoms with van der Waals surface area (Å²) in [5, 5.41) is 11.9. The standard InChI is InChI=1S/C16H10F5N5O4S2/c1-30-8-3-2-6(4-7(8)23-15(27)24-16-25-22-5-31-16)26-32(28,29)14-12(20)10(18)9(17)11(19)13(14)21/h2-5,26H,1H3,(H2,23,24,25,27). The van der Waals surface area contributed by atoms with Crippen LogP contribution in [0.25, 0.3) is 0 Å². The number of anilines is 3. The second kappa shape index (κ2) is 8.91. The molecule has 0 aliphatic rings. The maximum absolute atomic E-state index is 13.9. The number of sulfonamides is 1. The van der Waals surface area contributed by atoms with Crippen molar-refractivity contribution in [1.29, 1.82) is 0 Å². The number of rotatable bonds is 6. The fraction of sp³-hybridized carbons (Fsp3) is 0.0625. The summed E-state index contributed by atoms with van der Waals surface area (Å²) in [7, 11) is -4.04. The largest absolute Gasteiger partial charge is 0.495 e. The van der Waals surface area contributed by atoms with Gasteiger partial charge in [-0.3, -0.25) is 10.0 Å². The normalized spacial score (nSPS) is 11.2. The zero-order chi connectivity index (χ0) is 23.6. The van der Waals surface area contributed by atoms with E-state index in [4.69, 9.17) is 4.74 Å². The van der Waals surface area contributed by atoms with E-state index in [0.29, 0.717) is 0 Å². The van der Waals surface area contributed by atoms with Gasteiger partial charge in [-0.1, -0.05) is 11.3 Å². The van der Waals surface area contributed by atoms with Gasteiger partial charge in [0.2, 0.25) is 10.9 Å². The topological polar surface area (TPSA) is 122 Å². The highest BCUT2D eigenvalue weighted by atomic mass is 32.2. The summed E-state index contributed by atoms with van der Waals surface area (Å²) in [6.45, 7) is 0. The van der Waals surface area contributed by atoms with E-state index in [2.05, 4.69) is 20.8 Å². The number of hydrogen-bond acceptors (Lipinski definition) is 7. The number of ether oxygens (including phenoxy) is 1. The first kappa shape index (κ1) is 23.1. The Morgan fingerprint density at radius 3 is 2.19 bits per heavy atom. The molecule has 2 aromatic carbocycles. The molecule has 0 fully saturated rings. The van der Waals surface area contributed by atoms with Gasteiger partial charge in [0.1, 0.15) is 11.3 Å². The van der Waals surface area contributed by atoms with E-state index in [9.17, 15) is 35.2 Å². The molecule has 3 rings (SSSR count). The summed E-state index contributed by atoms with van der Waals surface area (Å²) in [5.74, 6) is -12.4. The molecule has 0 unspecified atom stereocenters. The quantitative estimate of drug-likeness (QED) is 0.272. The lowest BCUT2D eigenvalue weighted by molar-refractivity contribution is 0.262. The van der Waals surface area contributed by atoms with E-state index in [1.54, 1.807) is 4.72 Å². The van der Waals surface area contributed by atoms with Crippen molar-refractivity contribution >= 4 is 43.9 Å². The molecule has 0 bridgehead atoms. The predicted octanol–water partition coefficient (Wildman–Crippen LogP) is 3.69. The molecule has 9 nitrogen and oxygen atoms in total. The molecule has 32 heavy (non-hydrogen) atoms. The second-order valence-electron chi connectivity index (χ2n) is 5.74. The molecule has 1 heterocycles. The summed E-state index contributed by atoms with van der Waals surface area (Å²) in [4.78, 5) is 10.0. The smallest absolute Gasteiger partial charge is 0.325 e. The predicted molar refractivity (Wildman–Crippen MR) is 103 cm³/mol. The van der Waals surface area contributed by atoms with E-state index in [0.717, 1.165) is 23.5 Å². The maximum atomic E-state index is 13.9. The Balaban J connectivity index is 1.92. The number of hydrogen-bond donors (Lipinski definition) is 3. The van der Waals surface area contributed by atoms with Gasteiger partial charge in [0.05, 0.1) is 18.5 Å². The highest BCUT2D eigenvalue weighted by molar-refractivity contribution is 7.92. The average Bonchev–Trinajstić information content (AvgIpc) is 3.23. The first-order valence-corrected chi connectivity index (χ1v) is 10.5. The zero-order valence-corrected chi connectivity index (χ0v) is 17.2. The summed E-state index contributed by atoms with van der Waals surface area (Å²) in [6.07, 6.45) is 0. The molecule has 0 aliphatic carbocycles. The number of carbonyl (C=O) groups is 1. The van der Waals surface area contributed by atoms with E-state index in [1.165, 1.54) is 18.7 Å². The first-order valence-electron chi connectivity index (χ1n) is 8.11. The van der Waals surface area contributed by atoms with Crippen LogP contribution in [0.15, 0.2) is 28.6 Å². The fourth-order valence-corrected chi connectivity index (χ4v) is 4.00. The maximum Gasteiger partial charge on any atom is 0.325 e. The van der Waals surface area contributed by atoms with Gasteiger partial charge in [-0.15, -0.1) is 10.2 Å². The minimum absolute atomic E-state index is 0.0524. The van der Waals surface area contributed by atoms with Crippen molar-refractivity contribution in [1.82, 2.24) is 10.2 Å². The highest BCUT2D eigenvalue weighted by Gasteiger charge is 2.33. The number of urea groups is 1. The van der Waals surface area contributed by atoms with Gasteiger partial charge in [0.15, 0.2) is 28.2 Å². The lowest BCUT2D eigenvalue weighted by atomic mass is 10.2. The average molecular weight is 495 g/mol. The van der Waals surface area contributed by atoms with Crippen molar-refractivity contribution in [2.75, 3.05) is 22.5 Å². The Morgan fingerprint density at radius 2 is 1.62 bits per heavy atom. The molecule has 0 spiro atoms. The van der Waals surface area contributed by atoms with Crippen LogP contribution < -0.4 is 20.1 Å². The van der Waals surface area contributed by atoms with Gasteiger partial charge in [0, 0.05) is 0 Å². The lowest BCUT2D eigenvalue weighted by Crippen LogP contribution is -2.21. The fourth-order valence-electron chi connectivity index (χ4n) is 2.37. The van der Waals surface area contributed by atoms with Gasteiger partial charge >= 0.3 is 6.03 Å². The second-order valence-corrected chi connectivity index (χ2v) is 8.20. The molecule has 16 heteroatoms. The first-order chi connectivity index (χ1) is 15.0. The van der Waals surface area contributed by atoms with Crippen molar-refractivity contribution in [2.45, 2.75) is 4.90 Å². The minimum atomic E-state index is -5.27. The molecule has 170 valence electrons. The molecule has 3 aromatic rings. The number of methoxy groups -OCH3 is 1. The van der Waals surface area contributed by atoms with Crippen LogP contribution in [0.3, 0.4) is 0 Å². The third kappa shape index (κ3) is 4.54. The van der Waals surface area contributed by atoms with E-state index in [-0.39, 0.29) is 22.3 Å². The van der Waals surface area contributed by atoms with Crippen LogP contribution in [0.1, 0.15) is 0 Å². The highest BCUT2D eigenvalue weighted by Crippen LogP contribution is 2.31. The number of nitrogens with zero attached hydrogens (tertiary/aromatic N) is 2. The van der Waals surface area contributed by atoms with Gasteiger partial charge in [-0.05, 0) is 18.2 Å². The Morgan fingerprint density at radius 1 is 1.00 bits per heavy atom. The van der Waals surface area contributed by atoms with E-state index >= 15 is 0 Å². The molecule has 0 aliphatic heterocycles.